The van der Waals surface area contributed by atoms with Crippen LogP contribution in [0.2, 0.25) is 0 Å². The van der Waals surface area contributed by atoms with Gasteiger partial charge in [0.2, 0.25) is 0 Å². The van der Waals surface area contributed by atoms with E-state index < -0.39 is 5.41 Å². The molecular formula is C29H38N2O2. The second kappa shape index (κ2) is 10.5. The molecule has 0 unspecified atom stereocenters. The van der Waals surface area contributed by atoms with Crippen LogP contribution >= 0.6 is 0 Å². The van der Waals surface area contributed by atoms with Crippen molar-refractivity contribution in [3.63, 3.8) is 0 Å². The van der Waals surface area contributed by atoms with Crippen LogP contribution in [0.4, 0.5) is 0 Å². The van der Waals surface area contributed by atoms with Gasteiger partial charge >= 0.3 is 0 Å². The van der Waals surface area contributed by atoms with Crippen LogP contribution in [-0.4, -0.2) is 25.0 Å². The van der Waals surface area contributed by atoms with Gasteiger partial charge in [0.05, 0.1) is 0 Å². The smallest absolute Gasteiger partial charge is 0.199 e. The predicted octanol–water partition coefficient (Wildman–Crippen LogP) is 7.04. The quantitative estimate of drug-likeness (QED) is 0.393. The third-order valence-electron chi connectivity index (χ3n) is 6.80. The lowest BCUT2D eigenvalue weighted by Crippen LogP contribution is -2.34. The molecule has 0 aliphatic carbocycles. The highest BCUT2D eigenvalue weighted by Gasteiger charge is 2.42. The third kappa shape index (κ3) is 5.15. The maximum absolute atomic E-state index is 6.16. The van der Waals surface area contributed by atoms with Gasteiger partial charge in [-0.25, -0.2) is 9.98 Å². The highest BCUT2D eigenvalue weighted by molar-refractivity contribution is 6.05. The van der Waals surface area contributed by atoms with Crippen molar-refractivity contribution in [1.29, 1.82) is 0 Å². The summed E-state index contributed by atoms with van der Waals surface area (Å²) >= 11 is 0. The molecule has 0 amide bonds. The van der Waals surface area contributed by atoms with Crippen LogP contribution in [0.5, 0.6) is 0 Å². The Morgan fingerprint density at radius 2 is 1.15 bits per heavy atom. The number of aryl methyl sites for hydroxylation is 2. The molecule has 4 nitrogen and oxygen atoms in total. The molecule has 2 heterocycles. The first kappa shape index (κ1) is 23.5. The van der Waals surface area contributed by atoms with E-state index in [1.807, 2.05) is 0 Å². The molecule has 2 aliphatic heterocycles. The van der Waals surface area contributed by atoms with Crippen LogP contribution in [0.25, 0.3) is 0 Å². The molecule has 0 spiro atoms. The molecule has 0 aromatic heterocycles. The Labute approximate surface area is 199 Å². The lowest BCUT2D eigenvalue weighted by molar-refractivity contribution is 0.264. The summed E-state index contributed by atoms with van der Waals surface area (Å²) in [6.45, 7) is 9.86. The first-order valence-electron chi connectivity index (χ1n) is 12.6. The number of ether oxygens (including phenoxy) is 2. The van der Waals surface area contributed by atoms with Gasteiger partial charge in [0.15, 0.2) is 11.8 Å². The van der Waals surface area contributed by atoms with Gasteiger partial charge in [0, 0.05) is 0 Å². The molecule has 0 radical (unpaired) electrons. The van der Waals surface area contributed by atoms with Crippen molar-refractivity contribution < 1.29 is 9.47 Å². The number of nitrogens with zero attached hydrogens (tertiary/aromatic N) is 2. The number of hydrogen-bond donors (Lipinski definition) is 0. The molecular weight excluding hydrogens is 408 g/mol. The van der Waals surface area contributed by atoms with Crippen molar-refractivity contribution in [3.8, 4) is 0 Å². The largest absolute Gasteiger partial charge is 0.478 e. The average Bonchev–Trinajstić information content (AvgIpc) is 3.53. The Bertz CT molecular complexity index is 929. The van der Waals surface area contributed by atoms with Crippen molar-refractivity contribution in [1.82, 2.24) is 0 Å². The summed E-state index contributed by atoms with van der Waals surface area (Å²) in [6.07, 6.45) is 6.95. The Balaban J connectivity index is 1.54. The second-order valence-corrected chi connectivity index (χ2v) is 9.75. The molecule has 176 valence electrons. The molecule has 0 saturated heterocycles. The van der Waals surface area contributed by atoms with Crippen molar-refractivity contribution >= 4 is 11.8 Å². The molecule has 2 aliphatic rings. The second-order valence-electron chi connectivity index (χ2n) is 9.75. The fraction of sp³-hybridized carbons (Fsp3) is 0.517. The third-order valence-corrected chi connectivity index (χ3v) is 6.80. The van der Waals surface area contributed by atoms with Gasteiger partial charge in [-0.1, -0.05) is 75.2 Å². The standard InChI is InChI=1S/C29H38N2O2/c1-5-7-13-21-15-9-11-17-23(21)25-19-32-27(30-25)29(3,4)28-31-26(20-33-28)24-18-12-10-16-22(24)14-8-6-2/h9-12,15-18,25-26H,5-8,13-14,19-20H2,1-4H3/t25-,26-/m1/s1. The molecule has 0 N–H and O–H groups in total. The Morgan fingerprint density at radius 3 is 1.58 bits per heavy atom. The van der Waals surface area contributed by atoms with Gasteiger partial charge in [0.25, 0.3) is 0 Å². The van der Waals surface area contributed by atoms with E-state index in [4.69, 9.17) is 19.5 Å². The molecule has 2 atom stereocenters. The highest BCUT2D eigenvalue weighted by atomic mass is 16.5. The highest BCUT2D eigenvalue weighted by Crippen LogP contribution is 2.37. The number of unbranched alkanes of at least 4 members (excludes halogenated alkanes) is 2. The summed E-state index contributed by atoms with van der Waals surface area (Å²) in [5.41, 5.74) is 4.85. The number of hydrogen-bond acceptors (Lipinski definition) is 4. The van der Waals surface area contributed by atoms with Gasteiger partial charge < -0.3 is 9.47 Å². The molecule has 0 saturated carbocycles. The number of rotatable bonds is 10. The summed E-state index contributed by atoms with van der Waals surface area (Å²) in [5, 5.41) is 0. The van der Waals surface area contributed by atoms with Crippen molar-refractivity contribution in [2.75, 3.05) is 13.2 Å². The number of aliphatic imine (C=N–C) groups is 2. The van der Waals surface area contributed by atoms with E-state index in [9.17, 15) is 0 Å². The van der Waals surface area contributed by atoms with E-state index >= 15 is 0 Å². The fourth-order valence-corrected chi connectivity index (χ4v) is 4.75. The maximum Gasteiger partial charge on any atom is 0.199 e. The minimum absolute atomic E-state index is 0.0416. The van der Waals surface area contributed by atoms with Gasteiger partial charge in [-0.15, -0.1) is 0 Å². The van der Waals surface area contributed by atoms with Crippen LogP contribution in [0.1, 0.15) is 87.7 Å². The van der Waals surface area contributed by atoms with Gasteiger partial charge in [-0.2, -0.15) is 0 Å². The Kier molecular flexibility index (Phi) is 7.52. The van der Waals surface area contributed by atoms with E-state index in [0.717, 1.165) is 24.6 Å². The fourth-order valence-electron chi connectivity index (χ4n) is 4.75. The monoisotopic (exact) mass is 446 g/mol. The summed E-state index contributed by atoms with van der Waals surface area (Å²) in [6, 6.07) is 17.4. The maximum atomic E-state index is 6.16. The molecule has 4 rings (SSSR count). The molecule has 33 heavy (non-hydrogen) atoms. The zero-order valence-electron chi connectivity index (χ0n) is 20.6. The van der Waals surface area contributed by atoms with E-state index in [-0.39, 0.29) is 12.1 Å². The van der Waals surface area contributed by atoms with Crippen molar-refractivity contribution in [2.24, 2.45) is 15.4 Å². The van der Waals surface area contributed by atoms with E-state index in [1.54, 1.807) is 0 Å². The van der Waals surface area contributed by atoms with Crippen LogP contribution in [0.15, 0.2) is 58.5 Å². The zero-order chi connectivity index (χ0) is 23.3. The van der Waals surface area contributed by atoms with E-state index in [1.165, 1.54) is 47.9 Å². The van der Waals surface area contributed by atoms with Crippen molar-refractivity contribution in [3.05, 3.63) is 70.8 Å². The lowest BCUT2D eigenvalue weighted by atomic mass is 9.92. The van der Waals surface area contributed by atoms with Crippen LogP contribution in [-0.2, 0) is 22.3 Å². The Morgan fingerprint density at radius 1 is 0.727 bits per heavy atom. The summed E-state index contributed by atoms with van der Waals surface area (Å²) in [4.78, 5) is 10.1. The molecule has 0 fully saturated rings. The van der Waals surface area contributed by atoms with E-state index in [2.05, 4.69) is 76.2 Å². The summed E-state index contributed by atoms with van der Waals surface area (Å²) in [5.74, 6) is 1.47. The molecule has 2 aromatic rings. The van der Waals surface area contributed by atoms with Crippen LogP contribution in [0, 0.1) is 5.41 Å². The first-order chi connectivity index (χ1) is 16.0. The number of benzene rings is 2. The first-order valence-corrected chi connectivity index (χ1v) is 12.6. The normalized spacial score (nSPS) is 20.2. The van der Waals surface area contributed by atoms with Crippen LogP contribution < -0.4 is 0 Å². The van der Waals surface area contributed by atoms with Crippen molar-refractivity contribution in [2.45, 2.75) is 78.3 Å². The Hall–Kier alpha value is -2.62. The molecule has 4 heteroatoms. The average molecular weight is 447 g/mol. The minimum Gasteiger partial charge on any atom is -0.478 e. The summed E-state index contributed by atoms with van der Waals surface area (Å²) < 4.78 is 12.3. The molecule has 2 aromatic carbocycles. The topological polar surface area (TPSA) is 43.2 Å². The SMILES string of the molecule is CCCCc1ccccc1[C@H]1COC(C(C)(C)C2=N[C@@H](c3ccccc3CCCC)CO2)=N1. The minimum atomic E-state index is -0.486. The predicted molar refractivity (Wildman–Crippen MR) is 136 cm³/mol. The van der Waals surface area contributed by atoms with Gasteiger partial charge in [-0.05, 0) is 61.8 Å². The molecule has 0 bridgehead atoms. The van der Waals surface area contributed by atoms with E-state index in [0.29, 0.717) is 13.2 Å². The zero-order valence-corrected chi connectivity index (χ0v) is 20.6. The van der Waals surface area contributed by atoms with Gasteiger partial charge in [-0.3, -0.25) is 0 Å². The van der Waals surface area contributed by atoms with Gasteiger partial charge in [0.1, 0.15) is 30.7 Å². The van der Waals surface area contributed by atoms with Crippen LogP contribution in [0.3, 0.4) is 0 Å². The summed E-state index contributed by atoms with van der Waals surface area (Å²) in [7, 11) is 0. The lowest BCUT2D eigenvalue weighted by Gasteiger charge is -2.22.